The van der Waals surface area contributed by atoms with Crippen LogP contribution in [0.4, 0.5) is 11.4 Å². The standard InChI is InChI=1S/C21H15N3O7S/c1-23-14-4-2-3-5-19(14)32-20(23)13(10-22)16(25)11-31-21(26)12-8-17-18(30-7-6-29-17)9-15(12)24(27)28/h2-5,8-9H,6-7,11H2,1H3/b20-13-. The van der Waals surface area contributed by atoms with E-state index in [2.05, 4.69) is 0 Å². The van der Waals surface area contributed by atoms with Crippen molar-refractivity contribution in [3.63, 3.8) is 0 Å². The van der Waals surface area contributed by atoms with Gasteiger partial charge in [0.25, 0.3) is 5.69 Å². The Morgan fingerprint density at radius 1 is 1.25 bits per heavy atom. The zero-order chi connectivity index (χ0) is 22.8. The number of anilines is 1. The molecule has 0 fully saturated rings. The monoisotopic (exact) mass is 453 g/mol. The molecular formula is C21H15N3O7S. The van der Waals surface area contributed by atoms with Crippen LogP contribution in [-0.4, -0.2) is 43.5 Å². The van der Waals surface area contributed by atoms with Crippen LogP contribution >= 0.6 is 11.8 Å². The molecule has 0 atom stereocenters. The second-order valence-electron chi connectivity index (χ2n) is 6.69. The second-order valence-corrected chi connectivity index (χ2v) is 7.72. The van der Waals surface area contributed by atoms with Crippen molar-refractivity contribution in [1.82, 2.24) is 0 Å². The molecule has 0 bridgehead atoms. The van der Waals surface area contributed by atoms with Gasteiger partial charge in [0.05, 0.1) is 16.7 Å². The Morgan fingerprint density at radius 3 is 2.59 bits per heavy atom. The zero-order valence-electron chi connectivity index (χ0n) is 16.7. The number of fused-ring (bicyclic) bond motifs is 2. The normalized spacial score (nSPS) is 15.4. The maximum atomic E-state index is 12.7. The molecular weight excluding hydrogens is 438 g/mol. The van der Waals surface area contributed by atoms with Gasteiger partial charge in [0.2, 0.25) is 5.78 Å². The number of nitro benzene ring substituents is 1. The van der Waals surface area contributed by atoms with E-state index in [4.69, 9.17) is 14.2 Å². The summed E-state index contributed by atoms with van der Waals surface area (Å²) in [6.45, 7) is -0.295. The maximum Gasteiger partial charge on any atom is 0.345 e. The number of esters is 1. The van der Waals surface area contributed by atoms with E-state index in [0.717, 1.165) is 22.7 Å². The number of hydrogen-bond acceptors (Lipinski definition) is 10. The van der Waals surface area contributed by atoms with Gasteiger partial charge in [0.15, 0.2) is 18.1 Å². The lowest BCUT2D eigenvalue weighted by molar-refractivity contribution is -0.385. The Morgan fingerprint density at radius 2 is 1.94 bits per heavy atom. The van der Waals surface area contributed by atoms with Gasteiger partial charge in [-0.15, -0.1) is 0 Å². The summed E-state index contributed by atoms with van der Waals surface area (Å²) in [4.78, 5) is 38.5. The third kappa shape index (κ3) is 3.83. The molecule has 2 aromatic carbocycles. The van der Waals surface area contributed by atoms with E-state index >= 15 is 0 Å². The van der Waals surface area contributed by atoms with Crippen LogP contribution in [0, 0.1) is 21.4 Å². The summed E-state index contributed by atoms with van der Waals surface area (Å²) in [7, 11) is 1.73. The SMILES string of the molecule is CN1/C(=C(\C#N)C(=O)COC(=O)c2cc3c(cc2[N+](=O)[O-])OCCO3)Sc2ccccc21. The van der Waals surface area contributed by atoms with E-state index in [1.165, 1.54) is 11.8 Å². The predicted octanol–water partition coefficient (Wildman–Crippen LogP) is 3.07. The molecule has 0 saturated carbocycles. The van der Waals surface area contributed by atoms with Crippen molar-refractivity contribution < 1.29 is 28.7 Å². The number of ether oxygens (including phenoxy) is 3. The summed E-state index contributed by atoms with van der Waals surface area (Å²) in [6, 6.07) is 11.5. The summed E-state index contributed by atoms with van der Waals surface area (Å²) in [5.41, 5.74) is -0.236. The average molecular weight is 453 g/mol. The van der Waals surface area contributed by atoms with Crippen molar-refractivity contribution in [2.24, 2.45) is 0 Å². The van der Waals surface area contributed by atoms with Gasteiger partial charge in [-0.2, -0.15) is 5.26 Å². The molecule has 32 heavy (non-hydrogen) atoms. The minimum atomic E-state index is -1.08. The number of nitriles is 1. The first kappa shape index (κ1) is 21.2. The molecule has 0 amide bonds. The van der Waals surface area contributed by atoms with Crippen LogP contribution in [0.2, 0.25) is 0 Å². The number of thioether (sulfide) groups is 1. The van der Waals surface area contributed by atoms with E-state index in [1.807, 2.05) is 30.3 Å². The first-order chi connectivity index (χ1) is 15.4. The van der Waals surface area contributed by atoms with Crippen molar-refractivity contribution >= 4 is 34.9 Å². The van der Waals surface area contributed by atoms with Gasteiger partial charge in [-0.05, 0) is 12.1 Å². The van der Waals surface area contributed by atoms with Gasteiger partial charge in [-0.3, -0.25) is 14.9 Å². The number of nitrogens with zero attached hydrogens (tertiary/aromatic N) is 3. The summed E-state index contributed by atoms with van der Waals surface area (Å²) in [5.74, 6) is -1.49. The minimum Gasteiger partial charge on any atom is -0.486 e. The molecule has 0 aromatic heterocycles. The number of Topliss-reactive ketones (excluding diaryl/α,β-unsaturated/α-hetero) is 1. The average Bonchev–Trinajstić information content (AvgIpc) is 3.13. The summed E-state index contributed by atoms with van der Waals surface area (Å²) >= 11 is 1.26. The molecule has 2 aliphatic heterocycles. The molecule has 2 heterocycles. The molecule has 4 rings (SSSR count). The lowest BCUT2D eigenvalue weighted by atomic mass is 10.1. The van der Waals surface area contributed by atoms with Crippen LogP contribution in [0.3, 0.4) is 0 Å². The Hall–Kier alpha value is -4.04. The lowest BCUT2D eigenvalue weighted by Crippen LogP contribution is -2.21. The number of carbonyl (C=O) groups excluding carboxylic acids is 2. The number of carbonyl (C=O) groups is 2. The number of hydrogen-bond donors (Lipinski definition) is 0. The fourth-order valence-corrected chi connectivity index (χ4v) is 4.39. The molecule has 0 radical (unpaired) electrons. The van der Waals surface area contributed by atoms with Crippen molar-refractivity contribution in [2.45, 2.75) is 4.90 Å². The van der Waals surface area contributed by atoms with Gasteiger partial charge >= 0.3 is 5.97 Å². The van der Waals surface area contributed by atoms with Gasteiger partial charge in [0, 0.05) is 18.0 Å². The molecule has 2 aromatic rings. The fourth-order valence-electron chi connectivity index (χ4n) is 3.22. The van der Waals surface area contributed by atoms with E-state index < -0.39 is 29.0 Å². The van der Waals surface area contributed by atoms with Crippen LogP contribution in [0.15, 0.2) is 51.9 Å². The van der Waals surface area contributed by atoms with E-state index in [-0.39, 0.29) is 35.8 Å². The summed E-state index contributed by atoms with van der Waals surface area (Å²) < 4.78 is 15.7. The Bertz CT molecular complexity index is 1220. The molecule has 0 unspecified atom stereocenters. The Labute approximate surface area is 186 Å². The first-order valence-corrected chi connectivity index (χ1v) is 10.2. The van der Waals surface area contributed by atoms with Gasteiger partial charge in [-0.25, -0.2) is 4.79 Å². The van der Waals surface area contributed by atoms with Crippen LogP contribution in [-0.2, 0) is 9.53 Å². The van der Waals surface area contributed by atoms with Gasteiger partial charge in [0.1, 0.15) is 35.4 Å². The molecule has 11 heteroatoms. The molecule has 0 N–H and O–H groups in total. The highest BCUT2D eigenvalue weighted by Gasteiger charge is 2.30. The molecule has 0 spiro atoms. The molecule has 162 valence electrons. The Kier molecular flexibility index (Phi) is 5.70. The molecule has 0 aliphatic carbocycles. The lowest BCUT2D eigenvalue weighted by Gasteiger charge is -2.18. The van der Waals surface area contributed by atoms with Gasteiger partial charge in [-0.1, -0.05) is 23.9 Å². The second kappa shape index (κ2) is 8.60. The fraction of sp³-hybridized carbons (Fsp3) is 0.190. The molecule has 10 nitrogen and oxygen atoms in total. The number of benzene rings is 2. The topological polar surface area (TPSA) is 132 Å². The summed E-state index contributed by atoms with van der Waals surface area (Å²) in [5, 5.41) is 21.4. The largest absolute Gasteiger partial charge is 0.486 e. The predicted molar refractivity (Wildman–Crippen MR) is 113 cm³/mol. The number of rotatable bonds is 5. The van der Waals surface area contributed by atoms with Crippen LogP contribution in [0.5, 0.6) is 11.5 Å². The number of para-hydroxylation sites is 1. The Balaban J connectivity index is 1.54. The number of ketones is 1. The van der Waals surface area contributed by atoms with Crippen LogP contribution in [0.1, 0.15) is 10.4 Å². The highest BCUT2D eigenvalue weighted by Crippen LogP contribution is 2.46. The van der Waals surface area contributed by atoms with Crippen LogP contribution < -0.4 is 14.4 Å². The summed E-state index contributed by atoms with van der Waals surface area (Å²) in [6.07, 6.45) is 0. The third-order valence-corrected chi connectivity index (χ3v) is 5.99. The van der Waals surface area contributed by atoms with E-state index in [0.29, 0.717) is 5.03 Å². The smallest absolute Gasteiger partial charge is 0.345 e. The zero-order valence-corrected chi connectivity index (χ0v) is 17.5. The first-order valence-electron chi connectivity index (χ1n) is 9.34. The van der Waals surface area contributed by atoms with E-state index in [9.17, 15) is 25.0 Å². The van der Waals surface area contributed by atoms with Crippen molar-refractivity contribution in [1.29, 1.82) is 5.26 Å². The number of nitro groups is 1. The van der Waals surface area contributed by atoms with Crippen molar-refractivity contribution in [3.8, 4) is 17.6 Å². The van der Waals surface area contributed by atoms with E-state index in [1.54, 1.807) is 11.9 Å². The molecule has 0 saturated heterocycles. The quantitative estimate of drug-likeness (QED) is 0.219. The third-order valence-electron chi connectivity index (χ3n) is 4.75. The van der Waals surface area contributed by atoms with Crippen molar-refractivity contribution in [3.05, 3.63) is 62.7 Å². The maximum absolute atomic E-state index is 12.7. The van der Waals surface area contributed by atoms with Crippen molar-refractivity contribution in [2.75, 3.05) is 31.8 Å². The highest BCUT2D eigenvalue weighted by atomic mass is 32.2. The minimum absolute atomic E-state index is 0.146. The van der Waals surface area contributed by atoms with Gasteiger partial charge < -0.3 is 19.1 Å². The molecule has 2 aliphatic rings. The highest BCUT2D eigenvalue weighted by molar-refractivity contribution is 8.03. The van der Waals surface area contributed by atoms with Crippen LogP contribution in [0.25, 0.3) is 0 Å².